The van der Waals surface area contributed by atoms with Crippen LogP contribution in [0.2, 0.25) is 0 Å². The molecule has 0 amide bonds. The van der Waals surface area contributed by atoms with Gasteiger partial charge in [-0.25, -0.2) is 0 Å². The van der Waals surface area contributed by atoms with Gasteiger partial charge in [-0.3, -0.25) is 0 Å². The predicted octanol–water partition coefficient (Wildman–Crippen LogP) is 2.52. The Morgan fingerprint density at radius 2 is 2.08 bits per heavy atom. The molecule has 0 aliphatic carbocycles. The van der Waals surface area contributed by atoms with Crippen LogP contribution in [0.15, 0.2) is 24.3 Å². The first kappa shape index (κ1) is 8.65. The minimum Gasteiger partial charge on any atom is -0.508 e. The first-order chi connectivity index (χ1) is 5.74. The third-order valence-corrected chi connectivity index (χ3v) is 1.55. The molecule has 1 aromatic carbocycles. The summed E-state index contributed by atoms with van der Waals surface area (Å²) < 4.78 is 0. The molecule has 0 radical (unpaired) electrons. The van der Waals surface area contributed by atoms with Crippen molar-refractivity contribution in [1.82, 2.24) is 0 Å². The lowest BCUT2D eigenvalue weighted by molar-refractivity contribution is 0.450. The van der Waals surface area contributed by atoms with Gasteiger partial charge in [-0.2, -0.15) is 0 Å². The van der Waals surface area contributed by atoms with Gasteiger partial charge in [0.2, 0.25) is 0 Å². The molecule has 0 aliphatic rings. The molecule has 0 aliphatic heterocycles. The van der Waals surface area contributed by atoms with E-state index in [-0.39, 0.29) is 11.5 Å². The van der Waals surface area contributed by atoms with E-state index in [1.165, 1.54) is 6.07 Å². The lowest BCUT2D eigenvalue weighted by Crippen LogP contribution is -1.73. The molecule has 0 bridgehead atoms. The van der Waals surface area contributed by atoms with Crippen LogP contribution in [0, 0.1) is 0 Å². The largest absolute Gasteiger partial charge is 0.508 e. The van der Waals surface area contributed by atoms with Crippen LogP contribution in [0.1, 0.15) is 18.9 Å². The number of hydrogen-bond acceptors (Lipinski definition) is 2. The van der Waals surface area contributed by atoms with Crippen LogP contribution in [-0.4, -0.2) is 10.2 Å². The molecule has 0 saturated carbocycles. The summed E-state index contributed by atoms with van der Waals surface area (Å²) in [6, 6.07) is 4.56. The summed E-state index contributed by atoms with van der Waals surface area (Å²) in [5.74, 6) is 0.195. The summed E-state index contributed by atoms with van der Waals surface area (Å²) in [5.41, 5.74) is 0.731. The molecule has 0 aromatic heterocycles. The van der Waals surface area contributed by atoms with E-state index in [4.69, 9.17) is 5.11 Å². The summed E-state index contributed by atoms with van der Waals surface area (Å²) in [7, 11) is 0. The summed E-state index contributed by atoms with van der Waals surface area (Å²) >= 11 is 0. The van der Waals surface area contributed by atoms with Gasteiger partial charge in [0.25, 0.3) is 0 Å². The van der Waals surface area contributed by atoms with Crippen molar-refractivity contribution in [2.75, 3.05) is 0 Å². The van der Waals surface area contributed by atoms with E-state index >= 15 is 0 Å². The number of hydrogen-bond donors (Lipinski definition) is 2. The lowest BCUT2D eigenvalue weighted by Gasteiger charge is -1.98. The van der Waals surface area contributed by atoms with E-state index in [0.29, 0.717) is 0 Å². The number of allylic oxidation sites excluding steroid dienone is 1. The molecule has 2 N–H and O–H groups in total. The average Bonchev–Trinajstić information content (AvgIpc) is 2.03. The van der Waals surface area contributed by atoms with Crippen molar-refractivity contribution in [3.63, 3.8) is 0 Å². The molecular weight excluding hydrogens is 152 g/mol. The highest BCUT2D eigenvalue weighted by Crippen LogP contribution is 2.23. The van der Waals surface area contributed by atoms with Gasteiger partial charge in [0.05, 0.1) is 0 Å². The van der Waals surface area contributed by atoms with Crippen molar-refractivity contribution in [1.29, 1.82) is 0 Å². The standard InChI is InChI=1S/C10H12O2/c1-2-3-4-8-5-6-9(11)7-10(8)12/h3-7,11-12H,2H2,1H3/b4-3+. The topological polar surface area (TPSA) is 40.5 Å². The van der Waals surface area contributed by atoms with Crippen molar-refractivity contribution < 1.29 is 10.2 Å². The second-order valence-electron chi connectivity index (χ2n) is 2.55. The van der Waals surface area contributed by atoms with Crippen LogP contribution in [0.3, 0.4) is 0 Å². The maximum Gasteiger partial charge on any atom is 0.126 e. The summed E-state index contributed by atoms with van der Waals surface area (Å²) in [4.78, 5) is 0. The maximum atomic E-state index is 9.31. The highest BCUT2D eigenvalue weighted by molar-refractivity contribution is 5.58. The highest BCUT2D eigenvalue weighted by atomic mass is 16.3. The fourth-order valence-corrected chi connectivity index (χ4v) is 0.918. The van der Waals surface area contributed by atoms with Crippen molar-refractivity contribution >= 4 is 6.08 Å². The number of benzene rings is 1. The molecule has 0 saturated heterocycles. The van der Waals surface area contributed by atoms with Crippen molar-refractivity contribution in [2.24, 2.45) is 0 Å². The molecule has 2 nitrogen and oxygen atoms in total. The third-order valence-electron chi connectivity index (χ3n) is 1.55. The fraction of sp³-hybridized carbons (Fsp3) is 0.200. The lowest BCUT2D eigenvalue weighted by atomic mass is 10.1. The zero-order valence-electron chi connectivity index (χ0n) is 6.99. The molecule has 0 heterocycles. The average molecular weight is 164 g/mol. The molecule has 0 fully saturated rings. The van der Waals surface area contributed by atoms with Crippen LogP contribution < -0.4 is 0 Å². The Kier molecular flexibility index (Phi) is 2.75. The molecule has 12 heavy (non-hydrogen) atoms. The smallest absolute Gasteiger partial charge is 0.126 e. The van der Waals surface area contributed by atoms with Gasteiger partial charge in [-0.1, -0.05) is 19.1 Å². The Balaban J connectivity index is 2.94. The molecule has 1 aromatic rings. The van der Waals surface area contributed by atoms with E-state index in [1.807, 2.05) is 19.1 Å². The van der Waals surface area contributed by atoms with Gasteiger partial charge in [0, 0.05) is 11.6 Å². The quantitative estimate of drug-likeness (QED) is 0.705. The fourth-order valence-electron chi connectivity index (χ4n) is 0.918. The van der Waals surface area contributed by atoms with E-state index in [9.17, 15) is 5.11 Å². The minimum absolute atomic E-state index is 0.0844. The first-order valence-corrected chi connectivity index (χ1v) is 3.92. The predicted molar refractivity (Wildman–Crippen MR) is 49.1 cm³/mol. The first-order valence-electron chi connectivity index (χ1n) is 3.92. The molecule has 64 valence electrons. The molecular formula is C10H12O2. The molecule has 1 rings (SSSR count). The van der Waals surface area contributed by atoms with Crippen molar-refractivity contribution in [3.05, 3.63) is 29.8 Å². The monoisotopic (exact) mass is 164 g/mol. The van der Waals surface area contributed by atoms with Crippen LogP contribution in [0.5, 0.6) is 11.5 Å². The summed E-state index contributed by atoms with van der Waals surface area (Å²) in [6.45, 7) is 2.02. The zero-order valence-corrected chi connectivity index (χ0v) is 6.99. The zero-order chi connectivity index (χ0) is 8.97. The Hall–Kier alpha value is -1.44. The van der Waals surface area contributed by atoms with Gasteiger partial charge in [0.15, 0.2) is 0 Å². The van der Waals surface area contributed by atoms with E-state index < -0.39 is 0 Å². The maximum absolute atomic E-state index is 9.31. The highest BCUT2D eigenvalue weighted by Gasteiger charge is 1.96. The van der Waals surface area contributed by atoms with Gasteiger partial charge >= 0.3 is 0 Å². The van der Waals surface area contributed by atoms with Crippen LogP contribution in [-0.2, 0) is 0 Å². The van der Waals surface area contributed by atoms with E-state index in [2.05, 4.69) is 0 Å². The Morgan fingerprint density at radius 3 is 2.67 bits per heavy atom. The third kappa shape index (κ3) is 2.02. The van der Waals surface area contributed by atoms with Gasteiger partial charge < -0.3 is 10.2 Å². The van der Waals surface area contributed by atoms with Crippen molar-refractivity contribution in [3.8, 4) is 11.5 Å². The van der Waals surface area contributed by atoms with Crippen molar-refractivity contribution in [2.45, 2.75) is 13.3 Å². The number of aromatic hydroxyl groups is 2. The summed E-state index contributed by atoms with van der Waals surface area (Å²) in [6.07, 6.45) is 4.71. The molecule has 0 atom stereocenters. The van der Waals surface area contributed by atoms with Crippen LogP contribution in [0.25, 0.3) is 6.08 Å². The number of rotatable bonds is 2. The van der Waals surface area contributed by atoms with Gasteiger partial charge in [-0.05, 0) is 18.6 Å². The second-order valence-corrected chi connectivity index (χ2v) is 2.55. The van der Waals surface area contributed by atoms with E-state index in [0.717, 1.165) is 12.0 Å². The van der Waals surface area contributed by atoms with Crippen LogP contribution in [0.4, 0.5) is 0 Å². The normalized spacial score (nSPS) is 10.8. The summed E-state index contributed by atoms with van der Waals surface area (Å²) in [5, 5.41) is 18.3. The SMILES string of the molecule is CC/C=C/c1ccc(O)cc1O. The van der Waals surface area contributed by atoms with E-state index in [1.54, 1.807) is 12.1 Å². The van der Waals surface area contributed by atoms with Crippen LogP contribution >= 0.6 is 0 Å². The number of phenols is 2. The molecule has 0 unspecified atom stereocenters. The Labute approximate surface area is 71.8 Å². The van der Waals surface area contributed by atoms with Gasteiger partial charge in [-0.15, -0.1) is 0 Å². The Bertz CT molecular complexity index is 290. The molecule has 2 heteroatoms. The molecule has 0 spiro atoms. The Morgan fingerprint density at radius 1 is 1.33 bits per heavy atom. The van der Waals surface area contributed by atoms with Gasteiger partial charge in [0.1, 0.15) is 11.5 Å². The minimum atomic E-state index is 0.0844. The number of phenolic OH excluding ortho intramolecular Hbond substituents is 2. The second kappa shape index (κ2) is 3.81.